The third-order valence-electron chi connectivity index (χ3n) is 5.93. The summed E-state index contributed by atoms with van der Waals surface area (Å²) in [5.41, 5.74) is 3.99. The Balaban J connectivity index is 1.42. The van der Waals surface area contributed by atoms with E-state index in [1.807, 2.05) is 49.1 Å². The Labute approximate surface area is 172 Å². The van der Waals surface area contributed by atoms with Crippen molar-refractivity contribution < 1.29 is 4.79 Å². The van der Waals surface area contributed by atoms with E-state index in [1.165, 1.54) is 32.1 Å². The van der Waals surface area contributed by atoms with Crippen LogP contribution in [0.1, 0.15) is 57.6 Å². The first-order valence-corrected chi connectivity index (χ1v) is 10.8. The van der Waals surface area contributed by atoms with Crippen LogP contribution >= 0.6 is 0 Å². The molecular formula is C24H30N4O. The molecule has 2 fully saturated rings. The highest BCUT2D eigenvalue weighted by Crippen LogP contribution is 2.33. The summed E-state index contributed by atoms with van der Waals surface area (Å²) in [6, 6.07) is 4.73. The molecule has 2 aromatic heterocycles. The number of ketones is 1. The van der Waals surface area contributed by atoms with Gasteiger partial charge in [-0.3, -0.25) is 4.79 Å². The second-order valence-corrected chi connectivity index (χ2v) is 8.27. The number of pyridine rings is 1. The maximum absolute atomic E-state index is 12.1. The monoisotopic (exact) mass is 390 g/mol. The standard InChI is InChI=1S/C24H30N4O/c1-3-21(10-12-22(29)11-9-18-7-8-18)28-16-19(15-25-28)23-13-14-24(26-17(23)2)27-20-5-4-6-20/h3,10,12-16,18,20H,4-9,11H2,1-2H3,(H,26,27)/b12-10-,21-3+. The molecule has 0 aromatic carbocycles. The largest absolute Gasteiger partial charge is 0.367 e. The van der Waals surface area contributed by atoms with Crippen molar-refractivity contribution in [2.24, 2.45) is 5.92 Å². The third-order valence-corrected chi connectivity index (χ3v) is 5.93. The molecular weight excluding hydrogens is 360 g/mol. The van der Waals surface area contributed by atoms with E-state index in [2.05, 4.69) is 16.5 Å². The molecule has 2 aliphatic carbocycles. The van der Waals surface area contributed by atoms with Crippen LogP contribution in [0.3, 0.4) is 0 Å². The van der Waals surface area contributed by atoms with E-state index in [0.717, 1.165) is 40.7 Å². The lowest BCUT2D eigenvalue weighted by Gasteiger charge is -2.27. The molecule has 152 valence electrons. The van der Waals surface area contributed by atoms with Crippen molar-refractivity contribution in [1.82, 2.24) is 14.8 Å². The fraction of sp³-hybridized carbons (Fsp3) is 0.458. The Hall–Kier alpha value is -2.69. The van der Waals surface area contributed by atoms with Gasteiger partial charge in [-0.2, -0.15) is 5.10 Å². The van der Waals surface area contributed by atoms with Crippen LogP contribution in [-0.4, -0.2) is 26.6 Å². The quantitative estimate of drug-likeness (QED) is 0.460. The predicted molar refractivity (Wildman–Crippen MR) is 118 cm³/mol. The van der Waals surface area contributed by atoms with Crippen LogP contribution in [0.4, 0.5) is 5.82 Å². The summed E-state index contributed by atoms with van der Waals surface area (Å²) in [4.78, 5) is 16.8. The molecule has 2 heterocycles. The Kier molecular flexibility index (Phi) is 5.93. The van der Waals surface area contributed by atoms with Gasteiger partial charge in [-0.15, -0.1) is 0 Å². The molecule has 0 aliphatic heterocycles. The van der Waals surface area contributed by atoms with Crippen LogP contribution < -0.4 is 5.32 Å². The summed E-state index contributed by atoms with van der Waals surface area (Å²) in [6.45, 7) is 4.00. The van der Waals surface area contributed by atoms with Gasteiger partial charge in [-0.05, 0) is 69.7 Å². The van der Waals surface area contributed by atoms with Crippen LogP contribution in [0.25, 0.3) is 16.8 Å². The van der Waals surface area contributed by atoms with E-state index in [9.17, 15) is 4.79 Å². The molecule has 0 saturated heterocycles. The van der Waals surface area contributed by atoms with Crippen molar-refractivity contribution in [3.63, 3.8) is 0 Å². The van der Waals surface area contributed by atoms with Gasteiger partial charge in [-0.25, -0.2) is 9.67 Å². The van der Waals surface area contributed by atoms with Crippen molar-refractivity contribution in [2.45, 2.75) is 64.8 Å². The number of aryl methyl sites for hydroxylation is 1. The van der Waals surface area contributed by atoms with E-state index in [4.69, 9.17) is 4.98 Å². The molecule has 2 aromatic rings. The zero-order valence-electron chi connectivity index (χ0n) is 17.4. The summed E-state index contributed by atoms with van der Waals surface area (Å²) < 4.78 is 1.82. The highest BCUT2D eigenvalue weighted by atomic mass is 16.1. The lowest BCUT2D eigenvalue weighted by molar-refractivity contribution is -0.114. The Bertz CT molecular complexity index is 932. The van der Waals surface area contributed by atoms with Gasteiger partial charge in [0.2, 0.25) is 0 Å². The maximum Gasteiger partial charge on any atom is 0.155 e. The first-order valence-electron chi connectivity index (χ1n) is 10.8. The van der Waals surface area contributed by atoms with Gasteiger partial charge in [0.25, 0.3) is 0 Å². The smallest absolute Gasteiger partial charge is 0.155 e. The number of carbonyl (C=O) groups is 1. The number of hydrogen-bond acceptors (Lipinski definition) is 4. The predicted octanol–water partition coefficient (Wildman–Crippen LogP) is 5.39. The highest BCUT2D eigenvalue weighted by Gasteiger charge is 2.21. The Morgan fingerprint density at radius 1 is 1.24 bits per heavy atom. The average Bonchev–Trinajstić information content (AvgIpc) is 3.40. The zero-order valence-corrected chi connectivity index (χ0v) is 17.4. The average molecular weight is 391 g/mol. The molecule has 0 spiro atoms. The number of allylic oxidation sites excluding steroid dienone is 4. The zero-order chi connectivity index (χ0) is 20.2. The Morgan fingerprint density at radius 2 is 2.07 bits per heavy atom. The van der Waals surface area contributed by atoms with Crippen molar-refractivity contribution in [3.05, 3.63) is 48.4 Å². The minimum absolute atomic E-state index is 0.193. The number of nitrogens with zero attached hydrogens (tertiary/aromatic N) is 3. The normalized spacial score (nSPS) is 17.5. The van der Waals surface area contributed by atoms with Crippen molar-refractivity contribution in [2.75, 3.05) is 5.32 Å². The molecule has 1 N–H and O–H groups in total. The molecule has 0 amide bonds. The Morgan fingerprint density at radius 3 is 2.72 bits per heavy atom. The molecule has 29 heavy (non-hydrogen) atoms. The van der Waals surface area contributed by atoms with E-state index >= 15 is 0 Å². The number of nitrogens with one attached hydrogen (secondary N) is 1. The molecule has 4 rings (SSSR count). The molecule has 0 unspecified atom stereocenters. The lowest BCUT2D eigenvalue weighted by Crippen LogP contribution is -2.27. The fourth-order valence-corrected chi connectivity index (χ4v) is 3.63. The van der Waals surface area contributed by atoms with Crippen molar-refractivity contribution in [1.29, 1.82) is 0 Å². The minimum Gasteiger partial charge on any atom is -0.367 e. The molecule has 2 saturated carbocycles. The first kappa shape index (κ1) is 19.6. The van der Waals surface area contributed by atoms with E-state index in [0.29, 0.717) is 12.5 Å². The summed E-state index contributed by atoms with van der Waals surface area (Å²) in [5.74, 6) is 1.93. The minimum atomic E-state index is 0.193. The lowest BCUT2D eigenvalue weighted by atomic mass is 9.93. The number of anilines is 1. The fourth-order valence-electron chi connectivity index (χ4n) is 3.63. The van der Waals surface area contributed by atoms with Crippen LogP contribution in [-0.2, 0) is 4.79 Å². The summed E-state index contributed by atoms with van der Waals surface area (Å²) in [5, 5.41) is 8.00. The summed E-state index contributed by atoms with van der Waals surface area (Å²) in [7, 11) is 0. The molecule has 0 bridgehead atoms. The van der Waals surface area contributed by atoms with Gasteiger partial charge in [0, 0.05) is 35.5 Å². The van der Waals surface area contributed by atoms with E-state index in [1.54, 1.807) is 6.08 Å². The van der Waals surface area contributed by atoms with Crippen molar-refractivity contribution in [3.8, 4) is 11.1 Å². The number of rotatable bonds is 9. The molecule has 0 atom stereocenters. The summed E-state index contributed by atoms with van der Waals surface area (Å²) in [6.07, 6.45) is 17.4. The van der Waals surface area contributed by atoms with Gasteiger partial charge in [-0.1, -0.05) is 18.9 Å². The number of carbonyl (C=O) groups excluding carboxylic acids is 1. The maximum atomic E-state index is 12.1. The number of hydrogen-bond donors (Lipinski definition) is 1. The van der Waals surface area contributed by atoms with E-state index < -0.39 is 0 Å². The molecule has 5 nitrogen and oxygen atoms in total. The second-order valence-electron chi connectivity index (χ2n) is 8.27. The van der Waals surface area contributed by atoms with Gasteiger partial charge in [0.15, 0.2) is 5.78 Å². The first-order chi connectivity index (χ1) is 14.1. The van der Waals surface area contributed by atoms with Crippen LogP contribution in [0.5, 0.6) is 0 Å². The highest BCUT2D eigenvalue weighted by molar-refractivity contribution is 5.91. The summed E-state index contributed by atoms with van der Waals surface area (Å²) >= 11 is 0. The molecule has 0 radical (unpaired) electrons. The second kappa shape index (κ2) is 8.76. The van der Waals surface area contributed by atoms with Crippen LogP contribution in [0.2, 0.25) is 0 Å². The van der Waals surface area contributed by atoms with Gasteiger partial charge >= 0.3 is 0 Å². The van der Waals surface area contributed by atoms with Crippen LogP contribution in [0.15, 0.2) is 42.8 Å². The van der Waals surface area contributed by atoms with Gasteiger partial charge < -0.3 is 5.32 Å². The number of aromatic nitrogens is 3. The molecule has 5 heteroatoms. The van der Waals surface area contributed by atoms with Gasteiger partial charge in [0.1, 0.15) is 5.82 Å². The third kappa shape index (κ3) is 5.03. The molecule has 2 aliphatic rings. The van der Waals surface area contributed by atoms with Crippen molar-refractivity contribution >= 4 is 17.3 Å². The topological polar surface area (TPSA) is 59.8 Å². The van der Waals surface area contributed by atoms with Crippen LogP contribution in [0, 0.1) is 12.8 Å². The van der Waals surface area contributed by atoms with Gasteiger partial charge in [0.05, 0.1) is 11.9 Å². The SMILES string of the molecule is C/C=C(\C=C/C(=O)CCC1CC1)n1cc(-c2ccc(NC3CCC3)nc2C)cn1. The van der Waals surface area contributed by atoms with E-state index in [-0.39, 0.29) is 5.78 Å².